The summed E-state index contributed by atoms with van der Waals surface area (Å²) >= 11 is 0. The van der Waals surface area contributed by atoms with E-state index in [1.807, 2.05) is 20.8 Å². The van der Waals surface area contributed by atoms with Crippen LogP contribution in [-0.2, 0) is 37.5 Å². The fraction of sp³-hybridized carbons (Fsp3) is 0.944. The number of hydrogen-bond donors (Lipinski definition) is 0. The van der Waals surface area contributed by atoms with E-state index in [9.17, 15) is 4.79 Å². The quantitative estimate of drug-likeness (QED) is 0.692. The third kappa shape index (κ3) is 7.78. The maximum Gasteiger partial charge on any atom is 0.0681 e. The van der Waals surface area contributed by atoms with Gasteiger partial charge >= 0.3 is 0 Å². The van der Waals surface area contributed by atoms with Crippen molar-refractivity contribution >= 4 is 5.91 Å². The van der Waals surface area contributed by atoms with Crippen molar-refractivity contribution < 1.29 is 37.5 Å². The summed E-state index contributed by atoms with van der Waals surface area (Å²) in [6.07, 6.45) is 2.69. The molecule has 139 valence electrons. The molecular formula is C18H37N4OY-. The first-order valence-corrected chi connectivity index (χ1v) is 9.46. The number of piperazine rings is 1. The molecule has 0 N–H and O–H groups in total. The van der Waals surface area contributed by atoms with E-state index < -0.39 is 0 Å². The number of rotatable bonds is 5. The average molecular weight is 414 g/mol. The van der Waals surface area contributed by atoms with Crippen molar-refractivity contribution in [3.63, 3.8) is 0 Å². The van der Waals surface area contributed by atoms with E-state index >= 15 is 0 Å². The monoisotopic (exact) mass is 414 g/mol. The number of likely N-dealkylation sites (tertiary alicyclic amines) is 1. The Bertz CT molecular complexity index is 327. The zero-order valence-electron chi connectivity index (χ0n) is 16.5. The smallest absolute Gasteiger partial charge is 0.0681 e. The Morgan fingerprint density at radius 1 is 1.04 bits per heavy atom. The fourth-order valence-corrected chi connectivity index (χ4v) is 3.53. The molecule has 2 aliphatic heterocycles. The molecule has 24 heavy (non-hydrogen) atoms. The summed E-state index contributed by atoms with van der Waals surface area (Å²) in [6.45, 7) is 17.4. The molecule has 1 amide bonds. The zero-order valence-corrected chi connectivity index (χ0v) is 19.3. The average Bonchev–Trinajstić information content (AvgIpc) is 2.63. The number of hydrogen-bond acceptors (Lipinski definition) is 4. The third-order valence-corrected chi connectivity index (χ3v) is 5.20. The number of amides is 1. The minimum absolute atomic E-state index is 0. The number of piperidine rings is 1. The summed E-state index contributed by atoms with van der Waals surface area (Å²) in [6, 6.07) is -0.0510. The van der Waals surface area contributed by atoms with E-state index in [-0.39, 0.29) is 44.7 Å². The second-order valence-electron chi connectivity index (χ2n) is 6.45. The second kappa shape index (κ2) is 13.6. The van der Waals surface area contributed by atoms with Crippen LogP contribution in [0.1, 0.15) is 40.5 Å². The summed E-state index contributed by atoms with van der Waals surface area (Å²) in [5.74, 6) is 0.874. The van der Waals surface area contributed by atoms with Gasteiger partial charge in [0.2, 0.25) is 0 Å². The van der Waals surface area contributed by atoms with E-state index in [0.717, 1.165) is 32.1 Å². The Morgan fingerprint density at radius 3 is 2.04 bits per heavy atom. The minimum atomic E-state index is -0.0510. The first-order valence-electron chi connectivity index (χ1n) is 9.46. The van der Waals surface area contributed by atoms with Crippen LogP contribution < -0.4 is 0 Å². The molecule has 2 rings (SSSR count). The molecule has 1 unspecified atom stereocenters. The van der Waals surface area contributed by atoms with E-state index in [2.05, 4.69) is 26.9 Å². The van der Waals surface area contributed by atoms with Crippen LogP contribution in [-0.4, -0.2) is 86.1 Å². The van der Waals surface area contributed by atoms with Crippen LogP contribution >= 0.6 is 0 Å². The molecule has 5 nitrogen and oxygen atoms in total. The molecule has 0 saturated carbocycles. The van der Waals surface area contributed by atoms with Gasteiger partial charge in [0.05, 0.1) is 5.91 Å². The molecule has 6 heteroatoms. The van der Waals surface area contributed by atoms with Crippen molar-refractivity contribution in [3.05, 3.63) is 5.32 Å². The van der Waals surface area contributed by atoms with Gasteiger partial charge in [0.15, 0.2) is 0 Å². The van der Waals surface area contributed by atoms with Gasteiger partial charge in [-0.05, 0) is 45.3 Å². The number of carbonyl (C=O) groups is 1. The van der Waals surface area contributed by atoms with Crippen molar-refractivity contribution in [2.24, 2.45) is 5.92 Å². The van der Waals surface area contributed by atoms with Gasteiger partial charge in [0.1, 0.15) is 0 Å². The van der Waals surface area contributed by atoms with Crippen LogP contribution in [0.4, 0.5) is 0 Å². The molecule has 2 heterocycles. The Morgan fingerprint density at radius 2 is 1.58 bits per heavy atom. The molecule has 0 aromatic heterocycles. The molecule has 2 fully saturated rings. The summed E-state index contributed by atoms with van der Waals surface area (Å²) in [7, 11) is 1.59. The van der Waals surface area contributed by atoms with Crippen molar-refractivity contribution in [3.8, 4) is 0 Å². The largest absolute Gasteiger partial charge is 0.655 e. The predicted octanol–water partition coefficient (Wildman–Crippen LogP) is 2.28. The van der Waals surface area contributed by atoms with Gasteiger partial charge in [-0.2, -0.15) is 0 Å². The molecular weight excluding hydrogens is 377 g/mol. The summed E-state index contributed by atoms with van der Waals surface area (Å²) < 4.78 is 0. The minimum Gasteiger partial charge on any atom is -0.655 e. The molecule has 0 aliphatic carbocycles. The van der Waals surface area contributed by atoms with Gasteiger partial charge in [0.25, 0.3) is 0 Å². The molecule has 0 aromatic carbocycles. The van der Waals surface area contributed by atoms with Crippen LogP contribution in [0.5, 0.6) is 0 Å². The Hall–Kier alpha value is 0.454. The van der Waals surface area contributed by atoms with E-state index in [1.54, 1.807) is 7.05 Å². The van der Waals surface area contributed by atoms with Crippen LogP contribution in [0.2, 0.25) is 0 Å². The molecule has 1 radical (unpaired) electrons. The Kier molecular flexibility index (Phi) is 13.9. The number of likely N-dealkylation sites (N-methyl/N-ethyl adjacent to an activating group) is 1. The Balaban J connectivity index is 0.00000170. The molecule has 1 atom stereocenters. The van der Waals surface area contributed by atoms with Crippen molar-refractivity contribution in [2.45, 2.75) is 46.6 Å². The van der Waals surface area contributed by atoms with E-state index in [0.29, 0.717) is 0 Å². The fourth-order valence-electron chi connectivity index (χ4n) is 3.53. The maximum atomic E-state index is 11.6. The van der Waals surface area contributed by atoms with Crippen LogP contribution in [0.3, 0.4) is 0 Å². The first-order chi connectivity index (χ1) is 11.1. The van der Waals surface area contributed by atoms with Crippen LogP contribution in [0.25, 0.3) is 5.32 Å². The molecule has 0 aromatic rings. The third-order valence-electron chi connectivity index (χ3n) is 5.20. The summed E-state index contributed by atoms with van der Waals surface area (Å²) in [5.41, 5.74) is 0. The Labute approximate surface area is 174 Å². The molecule has 2 saturated heterocycles. The van der Waals surface area contributed by atoms with E-state index in [4.69, 9.17) is 0 Å². The molecule has 0 spiro atoms. The summed E-state index contributed by atoms with van der Waals surface area (Å²) in [4.78, 5) is 19.0. The molecule has 2 aliphatic rings. The van der Waals surface area contributed by atoms with Gasteiger partial charge in [-0.3, -0.25) is 4.90 Å². The van der Waals surface area contributed by atoms with Crippen molar-refractivity contribution in [2.75, 3.05) is 59.4 Å². The second-order valence-corrected chi connectivity index (χ2v) is 6.45. The summed E-state index contributed by atoms with van der Waals surface area (Å²) in [5, 5.41) is 3.79. The first kappa shape index (κ1) is 24.5. The number of nitrogens with zero attached hydrogens (tertiary/aromatic N) is 4. The van der Waals surface area contributed by atoms with Gasteiger partial charge < -0.3 is 19.9 Å². The van der Waals surface area contributed by atoms with Crippen LogP contribution in [0.15, 0.2) is 0 Å². The van der Waals surface area contributed by atoms with E-state index in [1.165, 1.54) is 39.0 Å². The van der Waals surface area contributed by atoms with Gasteiger partial charge in [-0.25, -0.2) is 0 Å². The normalized spacial score (nSPS) is 22.0. The van der Waals surface area contributed by atoms with Gasteiger partial charge in [-0.1, -0.05) is 20.8 Å². The van der Waals surface area contributed by atoms with Crippen molar-refractivity contribution in [1.29, 1.82) is 0 Å². The maximum absolute atomic E-state index is 11.6. The van der Waals surface area contributed by atoms with Crippen LogP contribution in [0, 0.1) is 5.92 Å². The van der Waals surface area contributed by atoms with Gasteiger partial charge in [0, 0.05) is 71.5 Å². The zero-order chi connectivity index (χ0) is 17.2. The standard InChI is InChI=1S/C16H32N4O.C2H6.Y/c1-4-18-7-5-15(6-8-18)13-19-9-11-20(12-10-19)14(2)16(21)17-3;1-2;/h14-15H,4-13H2,1-3H3,(H,17,21);1-2H3;/p-1. The SMILES string of the molecule is CC.CCN1CCC(CN2CCN(C(C)C(=O)[N-]C)CC2)CC1.[Y]. The predicted molar refractivity (Wildman–Crippen MR) is 98.0 cm³/mol. The molecule has 0 bridgehead atoms. The number of carbonyl (C=O) groups excluding carboxylic acids is 1. The van der Waals surface area contributed by atoms with Crippen molar-refractivity contribution in [1.82, 2.24) is 14.7 Å². The topological polar surface area (TPSA) is 40.9 Å². The van der Waals surface area contributed by atoms with Gasteiger partial charge in [-0.15, -0.1) is 7.05 Å².